The van der Waals surface area contributed by atoms with Crippen molar-refractivity contribution in [3.05, 3.63) is 35.6 Å². The molecule has 1 aromatic carbocycles. The summed E-state index contributed by atoms with van der Waals surface area (Å²) in [6.45, 7) is 0.545. The van der Waals surface area contributed by atoms with Crippen molar-refractivity contribution in [2.24, 2.45) is 0 Å². The van der Waals surface area contributed by atoms with Crippen LogP contribution < -0.4 is 0 Å². The topological polar surface area (TPSA) is 53.1 Å². The lowest BCUT2D eigenvalue weighted by molar-refractivity contribution is 0.132. The first-order valence-corrected chi connectivity index (χ1v) is 6.08. The smallest absolute Gasteiger partial charge is 0.407 e. The van der Waals surface area contributed by atoms with Crippen LogP contribution in [0.2, 0.25) is 0 Å². The van der Waals surface area contributed by atoms with Crippen molar-refractivity contribution in [3.63, 3.8) is 0 Å². The Bertz CT molecular complexity index is 479. The summed E-state index contributed by atoms with van der Waals surface area (Å²) in [6.07, 6.45) is 0.236. The van der Waals surface area contributed by atoms with Gasteiger partial charge in [-0.05, 0) is 18.9 Å². The maximum atomic E-state index is 13.6. The number of ether oxygens (including phenoxy) is 1. The van der Waals surface area contributed by atoms with E-state index in [-0.39, 0.29) is 24.1 Å². The van der Waals surface area contributed by atoms with Crippen LogP contribution >= 0.6 is 0 Å². The summed E-state index contributed by atoms with van der Waals surface area (Å²) in [5.74, 6) is -0.287. The molecule has 2 heterocycles. The molecule has 0 aromatic heterocycles. The largest absolute Gasteiger partial charge is 0.465 e. The second kappa shape index (κ2) is 4.24. The fraction of sp³-hybridized carbons (Fsp3) is 0.462. The number of epoxide rings is 1. The zero-order valence-electron chi connectivity index (χ0n) is 9.75. The van der Waals surface area contributed by atoms with Crippen molar-refractivity contribution < 1.29 is 19.0 Å². The van der Waals surface area contributed by atoms with E-state index in [1.165, 1.54) is 11.0 Å². The Hall–Kier alpha value is -1.62. The number of nitrogens with zero attached hydrogens (tertiary/aromatic N) is 1. The monoisotopic (exact) mass is 251 g/mol. The first-order valence-electron chi connectivity index (χ1n) is 6.08. The van der Waals surface area contributed by atoms with E-state index in [9.17, 15) is 9.18 Å². The SMILES string of the molecule is O=C(O)N1CCC[C@@H]1[C@@H]1O[C@H]1c1ccccc1F. The third-order valence-electron chi connectivity index (χ3n) is 3.66. The van der Waals surface area contributed by atoms with Gasteiger partial charge >= 0.3 is 6.09 Å². The minimum absolute atomic E-state index is 0.132. The molecule has 18 heavy (non-hydrogen) atoms. The number of hydrogen-bond donors (Lipinski definition) is 1. The summed E-state index contributed by atoms with van der Waals surface area (Å²) in [5.41, 5.74) is 0.528. The predicted octanol–water partition coefficient (Wildman–Crippen LogP) is 2.41. The lowest BCUT2D eigenvalue weighted by Gasteiger charge is -2.19. The Labute approximate surface area is 104 Å². The van der Waals surface area contributed by atoms with Crippen molar-refractivity contribution in [2.75, 3.05) is 6.54 Å². The number of amides is 1. The third kappa shape index (κ3) is 1.84. The summed E-state index contributed by atoms with van der Waals surface area (Å²) in [6, 6.07) is 6.36. The van der Waals surface area contributed by atoms with Gasteiger partial charge in [0, 0.05) is 12.1 Å². The van der Waals surface area contributed by atoms with Crippen LogP contribution in [-0.4, -0.2) is 34.8 Å². The number of benzene rings is 1. The average molecular weight is 251 g/mol. The van der Waals surface area contributed by atoms with E-state index in [1.54, 1.807) is 18.2 Å². The lowest BCUT2D eigenvalue weighted by Crippen LogP contribution is -2.37. The highest BCUT2D eigenvalue weighted by Crippen LogP contribution is 2.45. The van der Waals surface area contributed by atoms with Gasteiger partial charge in [-0.3, -0.25) is 0 Å². The Morgan fingerprint density at radius 1 is 1.44 bits per heavy atom. The second-order valence-electron chi connectivity index (χ2n) is 4.73. The molecule has 96 valence electrons. The predicted molar refractivity (Wildman–Crippen MR) is 61.8 cm³/mol. The molecule has 1 amide bonds. The zero-order valence-corrected chi connectivity index (χ0v) is 9.75. The van der Waals surface area contributed by atoms with Crippen molar-refractivity contribution >= 4 is 6.09 Å². The van der Waals surface area contributed by atoms with E-state index in [0.29, 0.717) is 12.1 Å². The molecule has 0 radical (unpaired) electrons. The number of carboxylic acid groups (broad SMARTS) is 1. The van der Waals surface area contributed by atoms with Gasteiger partial charge in [0.25, 0.3) is 0 Å². The summed E-state index contributed by atoms with van der Waals surface area (Å²) >= 11 is 0. The summed E-state index contributed by atoms with van der Waals surface area (Å²) < 4.78 is 19.1. The molecular formula is C13H14FNO3. The Morgan fingerprint density at radius 2 is 2.22 bits per heavy atom. The molecule has 2 saturated heterocycles. The van der Waals surface area contributed by atoms with E-state index >= 15 is 0 Å². The molecule has 0 saturated carbocycles. The molecule has 4 nitrogen and oxygen atoms in total. The highest BCUT2D eigenvalue weighted by Gasteiger charge is 2.51. The molecule has 0 unspecified atom stereocenters. The fourth-order valence-corrected chi connectivity index (χ4v) is 2.74. The maximum Gasteiger partial charge on any atom is 0.407 e. The van der Waals surface area contributed by atoms with Crippen LogP contribution in [-0.2, 0) is 4.74 Å². The Morgan fingerprint density at radius 3 is 2.94 bits per heavy atom. The number of halogens is 1. The zero-order chi connectivity index (χ0) is 12.7. The quantitative estimate of drug-likeness (QED) is 0.821. The standard InChI is InChI=1S/C13H14FNO3/c14-9-5-2-1-4-8(9)11-12(18-11)10-6-3-7-15(10)13(16)17/h1-2,4-5,10-12H,3,6-7H2,(H,16,17)/t10-,11+,12+/m1/s1. The molecule has 2 aliphatic heterocycles. The van der Waals surface area contributed by atoms with Crippen LogP contribution in [0.1, 0.15) is 24.5 Å². The molecule has 0 aliphatic carbocycles. The molecule has 5 heteroatoms. The van der Waals surface area contributed by atoms with E-state index in [4.69, 9.17) is 9.84 Å². The van der Waals surface area contributed by atoms with Crippen LogP contribution in [0.5, 0.6) is 0 Å². The fourth-order valence-electron chi connectivity index (χ4n) is 2.74. The summed E-state index contributed by atoms with van der Waals surface area (Å²) in [4.78, 5) is 12.5. The number of likely N-dealkylation sites (tertiary alicyclic amines) is 1. The van der Waals surface area contributed by atoms with Gasteiger partial charge in [-0.1, -0.05) is 18.2 Å². The Balaban J connectivity index is 1.74. The number of carbonyl (C=O) groups is 1. The van der Waals surface area contributed by atoms with Gasteiger partial charge in [-0.2, -0.15) is 0 Å². The van der Waals surface area contributed by atoms with Crippen molar-refractivity contribution in [2.45, 2.75) is 31.1 Å². The van der Waals surface area contributed by atoms with Gasteiger partial charge in [0.05, 0.1) is 6.04 Å². The Kier molecular flexibility index (Phi) is 2.70. The van der Waals surface area contributed by atoms with E-state index in [1.807, 2.05) is 0 Å². The normalized spacial score (nSPS) is 30.5. The van der Waals surface area contributed by atoms with Gasteiger partial charge in [-0.25, -0.2) is 9.18 Å². The molecule has 1 aromatic rings. The minimum Gasteiger partial charge on any atom is -0.465 e. The van der Waals surface area contributed by atoms with Gasteiger partial charge in [0.1, 0.15) is 18.0 Å². The van der Waals surface area contributed by atoms with Crippen LogP contribution in [0.4, 0.5) is 9.18 Å². The van der Waals surface area contributed by atoms with Gasteiger partial charge < -0.3 is 14.7 Å². The van der Waals surface area contributed by atoms with Gasteiger partial charge in [0.15, 0.2) is 0 Å². The summed E-state index contributed by atoms with van der Waals surface area (Å²) in [7, 11) is 0. The second-order valence-corrected chi connectivity index (χ2v) is 4.73. The van der Waals surface area contributed by atoms with Crippen molar-refractivity contribution in [1.82, 2.24) is 4.90 Å². The van der Waals surface area contributed by atoms with E-state index < -0.39 is 6.09 Å². The summed E-state index contributed by atoms with van der Waals surface area (Å²) in [5, 5.41) is 9.07. The van der Waals surface area contributed by atoms with Crippen LogP contribution in [0.25, 0.3) is 0 Å². The lowest BCUT2D eigenvalue weighted by atomic mass is 10.0. The average Bonchev–Trinajstić information content (AvgIpc) is 2.97. The third-order valence-corrected chi connectivity index (χ3v) is 3.66. The minimum atomic E-state index is -0.916. The highest BCUT2D eigenvalue weighted by molar-refractivity contribution is 5.66. The maximum absolute atomic E-state index is 13.6. The molecule has 1 N–H and O–H groups in total. The molecule has 2 fully saturated rings. The van der Waals surface area contributed by atoms with E-state index in [0.717, 1.165) is 12.8 Å². The van der Waals surface area contributed by atoms with Gasteiger partial charge in [0.2, 0.25) is 0 Å². The van der Waals surface area contributed by atoms with Crippen LogP contribution in [0.15, 0.2) is 24.3 Å². The number of hydrogen-bond acceptors (Lipinski definition) is 2. The molecule has 3 atom stereocenters. The molecule has 2 aliphatic rings. The first-order chi connectivity index (χ1) is 8.68. The van der Waals surface area contributed by atoms with E-state index in [2.05, 4.69) is 0 Å². The highest BCUT2D eigenvalue weighted by atomic mass is 19.1. The van der Waals surface area contributed by atoms with Crippen molar-refractivity contribution in [1.29, 1.82) is 0 Å². The van der Waals surface area contributed by atoms with Crippen molar-refractivity contribution in [3.8, 4) is 0 Å². The van der Waals surface area contributed by atoms with Gasteiger partial charge in [-0.15, -0.1) is 0 Å². The van der Waals surface area contributed by atoms with Crippen LogP contribution in [0.3, 0.4) is 0 Å². The first kappa shape index (κ1) is 11.5. The molecule has 3 rings (SSSR count). The molecule has 0 spiro atoms. The molecular weight excluding hydrogens is 237 g/mol. The number of rotatable bonds is 2. The molecule has 0 bridgehead atoms. The van der Waals surface area contributed by atoms with Crippen LogP contribution in [0, 0.1) is 5.82 Å².